The van der Waals surface area contributed by atoms with Crippen LogP contribution in [0.1, 0.15) is 17.9 Å². The van der Waals surface area contributed by atoms with E-state index in [1.165, 1.54) is 0 Å². The third kappa shape index (κ3) is 4.46. The number of hydrogen-bond donors (Lipinski definition) is 3. The third-order valence-electron chi connectivity index (χ3n) is 3.45. The van der Waals surface area contributed by atoms with Crippen LogP contribution in [0.25, 0.3) is 0 Å². The van der Waals surface area contributed by atoms with Crippen LogP contribution in [0.2, 0.25) is 0 Å². The molecule has 0 saturated carbocycles. The number of nitrogens with one attached hydrogen (secondary N) is 3. The summed E-state index contributed by atoms with van der Waals surface area (Å²) in [4.78, 5) is 23.4. The Morgan fingerprint density at radius 3 is 2.90 bits per heavy atom. The van der Waals surface area contributed by atoms with Crippen LogP contribution >= 0.6 is 0 Å². The van der Waals surface area contributed by atoms with Crippen LogP contribution in [0.4, 0.5) is 5.69 Å². The molecule has 0 radical (unpaired) electrons. The van der Waals surface area contributed by atoms with Crippen molar-refractivity contribution >= 4 is 17.5 Å². The maximum atomic E-state index is 11.9. The second-order valence-corrected chi connectivity index (χ2v) is 4.99. The molecule has 2 rings (SSSR count). The Kier molecular flexibility index (Phi) is 5.57. The first-order chi connectivity index (χ1) is 10.2. The first-order valence-corrected chi connectivity index (χ1v) is 7.06. The number of carbonyl (C=O) groups excluding carboxylic acids is 2. The predicted octanol–water partition coefficient (Wildman–Crippen LogP) is 0.465. The lowest BCUT2D eigenvalue weighted by Crippen LogP contribution is -2.38. The van der Waals surface area contributed by atoms with Crippen molar-refractivity contribution in [2.45, 2.75) is 12.3 Å². The van der Waals surface area contributed by atoms with Gasteiger partial charge in [-0.05, 0) is 11.6 Å². The summed E-state index contributed by atoms with van der Waals surface area (Å²) in [5.41, 5.74) is 2.25. The highest BCUT2D eigenvalue weighted by Crippen LogP contribution is 2.32. The number of benzene rings is 1. The highest BCUT2D eigenvalue weighted by atomic mass is 16.5. The minimum Gasteiger partial charge on any atom is -0.384 e. The highest BCUT2D eigenvalue weighted by molar-refractivity contribution is 5.85. The van der Waals surface area contributed by atoms with Crippen molar-refractivity contribution in [1.82, 2.24) is 10.6 Å². The van der Waals surface area contributed by atoms with Crippen LogP contribution in [-0.4, -0.2) is 45.2 Å². The Bertz CT molecular complexity index is 505. The molecule has 114 valence electrons. The summed E-state index contributed by atoms with van der Waals surface area (Å²) in [5.74, 6) is -0.150. The fraction of sp³-hybridized carbons (Fsp3) is 0.467. The molecule has 1 unspecified atom stereocenters. The molecule has 2 amide bonds. The van der Waals surface area contributed by atoms with Crippen molar-refractivity contribution in [2.24, 2.45) is 0 Å². The summed E-state index contributed by atoms with van der Waals surface area (Å²) in [6.07, 6.45) is 0.384. The van der Waals surface area contributed by atoms with Gasteiger partial charge in [-0.3, -0.25) is 9.59 Å². The van der Waals surface area contributed by atoms with Gasteiger partial charge in [-0.15, -0.1) is 0 Å². The Morgan fingerprint density at radius 2 is 2.10 bits per heavy atom. The number of hydrogen-bond acceptors (Lipinski definition) is 4. The van der Waals surface area contributed by atoms with Crippen LogP contribution < -0.4 is 16.0 Å². The molecule has 0 saturated heterocycles. The van der Waals surface area contributed by atoms with E-state index in [0.717, 1.165) is 17.8 Å². The normalized spacial score (nSPS) is 16.0. The van der Waals surface area contributed by atoms with E-state index in [2.05, 4.69) is 16.0 Å². The quantitative estimate of drug-likeness (QED) is 0.638. The van der Waals surface area contributed by atoms with E-state index < -0.39 is 0 Å². The molecule has 0 aromatic heterocycles. The van der Waals surface area contributed by atoms with Gasteiger partial charge < -0.3 is 20.7 Å². The summed E-state index contributed by atoms with van der Waals surface area (Å²) in [7, 11) is 1.57. The van der Waals surface area contributed by atoms with Gasteiger partial charge in [-0.1, -0.05) is 18.2 Å². The Hall–Kier alpha value is -2.08. The Balaban J connectivity index is 1.72. The zero-order valence-electron chi connectivity index (χ0n) is 12.1. The molecule has 1 heterocycles. The highest BCUT2D eigenvalue weighted by Gasteiger charge is 2.23. The Labute approximate surface area is 124 Å². The van der Waals surface area contributed by atoms with E-state index in [1.807, 2.05) is 24.3 Å². The number of carbonyl (C=O) groups is 2. The van der Waals surface area contributed by atoms with E-state index in [0.29, 0.717) is 19.6 Å². The fourth-order valence-corrected chi connectivity index (χ4v) is 2.37. The van der Waals surface area contributed by atoms with Gasteiger partial charge in [0.05, 0.1) is 13.2 Å². The van der Waals surface area contributed by atoms with Gasteiger partial charge in [0.2, 0.25) is 11.8 Å². The molecular formula is C15H21N3O3. The molecule has 3 N–H and O–H groups in total. The predicted molar refractivity (Wildman–Crippen MR) is 80.2 cm³/mol. The zero-order valence-corrected chi connectivity index (χ0v) is 12.1. The maximum absolute atomic E-state index is 11.9. The third-order valence-corrected chi connectivity index (χ3v) is 3.45. The average molecular weight is 291 g/mol. The van der Waals surface area contributed by atoms with Gasteiger partial charge in [0.15, 0.2) is 0 Å². The smallest absolute Gasteiger partial charge is 0.239 e. The maximum Gasteiger partial charge on any atom is 0.239 e. The molecule has 0 fully saturated rings. The SMILES string of the molecule is COCCNC(=O)CNC(=O)CC1CNc2ccccc21. The van der Waals surface area contributed by atoms with Gasteiger partial charge in [0.1, 0.15) is 0 Å². The minimum atomic E-state index is -0.203. The van der Waals surface area contributed by atoms with Crippen molar-refractivity contribution in [3.05, 3.63) is 29.8 Å². The molecule has 21 heavy (non-hydrogen) atoms. The monoisotopic (exact) mass is 291 g/mol. The second-order valence-electron chi connectivity index (χ2n) is 4.99. The number of para-hydroxylation sites is 1. The number of anilines is 1. The first-order valence-electron chi connectivity index (χ1n) is 7.06. The van der Waals surface area contributed by atoms with Gasteiger partial charge in [0, 0.05) is 38.2 Å². The van der Waals surface area contributed by atoms with Crippen molar-refractivity contribution in [3.63, 3.8) is 0 Å². The summed E-state index contributed by atoms with van der Waals surface area (Å²) >= 11 is 0. The fourth-order valence-electron chi connectivity index (χ4n) is 2.37. The van der Waals surface area contributed by atoms with Gasteiger partial charge in [-0.25, -0.2) is 0 Å². The van der Waals surface area contributed by atoms with Crippen molar-refractivity contribution in [1.29, 1.82) is 0 Å². The molecule has 6 nitrogen and oxygen atoms in total. The number of fused-ring (bicyclic) bond motifs is 1. The van der Waals surface area contributed by atoms with Crippen LogP contribution in [0.15, 0.2) is 24.3 Å². The van der Waals surface area contributed by atoms with Gasteiger partial charge in [-0.2, -0.15) is 0 Å². The van der Waals surface area contributed by atoms with E-state index in [4.69, 9.17) is 4.74 Å². The summed E-state index contributed by atoms with van der Waals surface area (Å²) in [5, 5.41) is 8.59. The standard InChI is InChI=1S/C15H21N3O3/c1-21-7-6-16-15(20)10-18-14(19)8-11-9-17-13-5-3-2-4-12(11)13/h2-5,11,17H,6-10H2,1H3,(H,16,20)(H,18,19). The van der Waals surface area contributed by atoms with E-state index in [9.17, 15) is 9.59 Å². The minimum absolute atomic E-state index is 0.00431. The van der Waals surface area contributed by atoms with Gasteiger partial charge in [0.25, 0.3) is 0 Å². The zero-order chi connectivity index (χ0) is 15.1. The lowest BCUT2D eigenvalue weighted by atomic mass is 9.97. The molecule has 0 aliphatic carbocycles. The lowest BCUT2D eigenvalue weighted by molar-refractivity contribution is -0.126. The van der Waals surface area contributed by atoms with Crippen LogP contribution in [-0.2, 0) is 14.3 Å². The number of methoxy groups -OCH3 is 1. The number of ether oxygens (including phenoxy) is 1. The second kappa shape index (κ2) is 7.64. The van der Waals surface area contributed by atoms with Crippen LogP contribution in [0.5, 0.6) is 0 Å². The Morgan fingerprint density at radius 1 is 1.29 bits per heavy atom. The van der Waals surface area contributed by atoms with Crippen LogP contribution in [0, 0.1) is 0 Å². The molecule has 1 aromatic rings. The van der Waals surface area contributed by atoms with E-state index in [1.54, 1.807) is 7.11 Å². The summed E-state index contributed by atoms with van der Waals surface area (Å²) in [6, 6.07) is 7.99. The topological polar surface area (TPSA) is 79.5 Å². The lowest BCUT2D eigenvalue weighted by Gasteiger charge is -2.10. The van der Waals surface area contributed by atoms with Crippen molar-refractivity contribution < 1.29 is 14.3 Å². The number of rotatable bonds is 7. The number of amides is 2. The molecule has 1 aromatic carbocycles. The van der Waals surface area contributed by atoms with Gasteiger partial charge >= 0.3 is 0 Å². The molecule has 0 spiro atoms. The molecule has 0 bridgehead atoms. The summed E-state index contributed by atoms with van der Waals surface area (Å²) < 4.78 is 4.83. The van der Waals surface area contributed by atoms with Crippen molar-refractivity contribution in [3.8, 4) is 0 Å². The largest absolute Gasteiger partial charge is 0.384 e. The molecular weight excluding hydrogens is 270 g/mol. The first kappa shape index (κ1) is 15.3. The molecule has 1 aliphatic heterocycles. The average Bonchev–Trinajstić information content (AvgIpc) is 2.89. The van der Waals surface area contributed by atoms with Crippen LogP contribution in [0.3, 0.4) is 0 Å². The summed E-state index contributed by atoms with van der Waals surface area (Å²) in [6.45, 7) is 1.67. The van der Waals surface area contributed by atoms with Crippen molar-refractivity contribution in [2.75, 3.05) is 38.7 Å². The van der Waals surface area contributed by atoms with E-state index in [-0.39, 0.29) is 24.3 Å². The molecule has 1 aliphatic rings. The molecule has 1 atom stereocenters. The molecule has 6 heteroatoms. The van der Waals surface area contributed by atoms with E-state index >= 15 is 0 Å².